The third-order valence-corrected chi connectivity index (χ3v) is 4.52. The lowest BCUT2D eigenvalue weighted by Crippen LogP contribution is -2.21. The Morgan fingerprint density at radius 1 is 1.29 bits per heavy atom. The molecule has 0 unspecified atom stereocenters. The van der Waals surface area contributed by atoms with E-state index in [9.17, 15) is 8.42 Å². The molecule has 0 fully saturated rings. The van der Waals surface area contributed by atoms with Crippen molar-refractivity contribution in [2.24, 2.45) is 5.92 Å². The largest absolute Gasteiger partial charge is 0.383 e. The maximum atomic E-state index is 11.6. The Labute approximate surface area is 108 Å². The summed E-state index contributed by atoms with van der Waals surface area (Å²) >= 11 is 5.95. The van der Waals surface area contributed by atoms with E-state index in [4.69, 9.17) is 11.6 Å². The van der Waals surface area contributed by atoms with Crippen LogP contribution in [-0.2, 0) is 9.84 Å². The topological polar surface area (TPSA) is 46.2 Å². The van der Waals surface area contributed by atoms with Gasteiger partial charge in [-0.2, -0.15) is 0 Å². The van der Waals surface area contributed by atoms with Crippen molar-refractivity contribution in [3.8, 4) is 0 Å². The normalized spacial score (nSPS) is 11.8. The van der Waals surface area contributed by atoms with Crippen LogP contribution in [0, 0.1) is 5.92 Å². The molecule has 0 aromatic heterocycles. The Morgan fingerprint density at radius 2 is 1.94 bits per heavy atom. The third kappa shape index (κ3) is 5.41. The van der Waals surface area contributed by atoms with Crippen molar-refractivity contribution in [2.75, 3.05) is 23.4 Å². The highest BCUT2D eigenvalue weighted by molar-refractivity contribution is 7.91. The molecule has 0 aliphatic rings. The maximum absolute atomic E-state index is 11.6. The van der Waals surface area contributed by atoms with E-state index in [2.05, 4.69) is 5.32 Å². The molecule has 1 aromatic carbocycles. The number of sulfone groups is 1. The standard InChI is InChI=1S/C12H18ClNO2S/c1-10(2)9-17(15,16)8-7-14-12-6-4-3-5-11(12)13/h3-6,10,14H,7-9H2,1-2H3. The molecule has 3 nitrogen and oxygen atoms in total. The Kier molecular flexibility index (Phi) is 5.28. The van der Waals surface area contributed by atoms with Crippen molar-refractivity contribution in [2.45, 2.75) is 13.8 Å². The van der Waals surface area contributed by atoms with Crippen LogP contribution in [0.25, 0.3) is 0 Å². The molecule has 1 rings (SSSR count). The fourth-order valence-electron chi connectivity index (χ4n) is 1.54. The molecule has 0 heterocycles. The fourth-order valence-corrected chi connectivity index (χ4v) is 3.33. The number of hydrogen-bond acceptors (Lipinski definition) is 3. The molecular formula is C12H18ClNO2S. The molecule has 0 bridgehead atoms. The summed E-state index contributed by atoms with van der Waals surface area (Å²) in [5.74, 6) is 0.536. The number of hydrogen-bond donors (Lipinski definition) is 1. The zero-order chi connectivity index (χ0) is 12.9. The quantitative estimate of drug-likeness (QED) is 0.868. The molecule has 1 aromatic rings. The van der Waals surface area contributed by atoms with Gasteiger partial charge in [-0.05, 0) is 18.1 Å². The first kappa shape index (κ1) is 14.3. The Morgan fingerprint density at radius 3 is 2.53 bits per heavy atom. The molecule has 96 valence electrons. The molecule has 17 heavy (non-hydrogen) atoms. The van der Waals surface area contributed by atoms with Crippen molar-refractivity contribution in [1.29, 1.82) is 0 Å². The number of halogens is 1. The van der Waals surface area contributed by atoms with E-state index < -0.39 is 9.84 Å². The lowest BCUT2D eigenvalue weighted by Gasteiger charge is -2.09. The summed E-state index contributed by atoms with van der Waals surface area (Å²) in [6.07, 6.45) is 0. The van der Waals surface area contributed by atoms with E-state index in [0.29, 0.717) is 11.6 Å². The summed E-state index contributed by atoms with van der Waals surface area (Å²) in [4.78, 5) is 0. The van der Waals surface area contributed by atoms with E-state index in [1.165, 1.54) is 0 Å². The Balaban J connectivity index is 2.46. The molecule has 5 heteroatoms. The number of para-hydroxylation sites is 1. The average molecular weight is 276 g/mol. The summed E-state index contributed by atoms with van der Waals surface area (Å²) in [5, 5.41) is 3.64. The highest BCUT2D eigenvalue weighted by atomic mass is 35.5. The van der Waals surface area contributed by atoms with Gasteiger partial charge >= 0.3 is 0 Å². The first-order valence-electron chi connectivity index (χ1n) is 5.59. The number of benzene rings is 1. The predicted octanol–water partition coefficient (Wildman–Crippen LogP) is 2.82. The van der Waals surface area contributed by atoms with Crippen molar-refractivity contribution >= 4 is 27.1 Å². The Bertz CT molecular complexity index is 457. The highest BCUT2D eigenvalue weighted by Crippen LogP contribution is 2.19. The lowest BCUT2D eigenvalue weighted by molar-refractivity contribution is 0.583. The van der Waals surface area contributed by atoms with Crippen LogP contribution < -0.4 is 5.32 Å². The zero-order valence-electron chi connectivity index (χ0n) is 10.1. The molecule has 0 spiro atoms. The fraction of sp³-hybridized carbons (Fsp3) is 0.500. The van der Waals surface area contributed by atoms with Gasteiger partial charge in [0, 0.05) is 6.54 Å². The van der Waals surface area contributed by atoms with E-state index in [1.54, 1.807) is 6.07 Å². The summed E-state index contributed by atoms with van der Waals surface area (Å²) in [6, 6.07) is 7.30. The van der Waals surface area contributed by atoms with Gasteiger partial charge in [-0.25, -0.2) is 8.42 Å². The molecule has 0 saturated heterocycles. The first-order chi connectivity index (χ1) is 7.91. The molecule has 0 atom stereocenters. The molecule has 0 saturated carbocycles. The summed E-state index contributed by atoms with van der Waals surface area (Å²) in [6.45, 7) is 4.19. The first-order valence-corrected chi connectivity index (χ1v) is 7.79. The monoisotopic (exact) mass is 275 g/mol. The van der Waals surface area contributed by atoms with Gasteiger partial charge in [0.1, 0.15) is 0 Å². The van der Waals surface area contributed by atoms with Gasteiger partial charge in [-0.15, -0.1) is 0 Å². The van der Waals surface area contributed by atoms with Gasteiger partial charge < -0.3 is 5.32 Å². The SMILES string of the molecule is CC(C)CS(=O)(=O)CCNc1ccccc1Cl. The minimum atomic E-state index is -2.97. The third-order valence-electron chi connectivity index (χ3n) is 2.19. The second-order valence-electron chi connectivity index (χ2n) is 4.41. The summed E-state index contributed by atoms with van der Waals surface area (Å²) < 4.78 is 23.3. The van der Waals surface area contributed by atoms with Crippen LogP contribution in [-0.4, -0.2) is 26.5 Å². The van der Waals surface area contributed by atoms with Gasteiger partial charge in [-0.3, -0.25) is 0 Å². The van der Waals surface area contributed by atoms with Gasteiger partial charge in [0.25, 0.3) is 0 Å². The molecule has 0 amide bonds. The van der Waals surface area contributed by atoms with E-state index in [1.807, 2.05) is 32.0 Å². The van der Waals surface area contributed by atoms with Crippen LogP contribution in [0.15, 0.2) is 24.3 Å². The van der Waals surface area contributed by atoms with E-state index in [0.717, 1.165) is 5.69 Å². The van der Waals surface area contributed by atoms with Crippen molar-refractivity contribution in [3.05, 3.63) is 29.3 Å². The van der Waals surface area contributed by atoms with Crippen LogP contribution in [0.5, 0.6) is 0 Å². The molecule has 0 aliphatic heterocycles. The van der Waals surface area contributed by atoms with Crippen LogP contribution in [0.3, 0.4) is 0 Å². The smallest absolute Gasteiger partial charge is 0.152 e. The van der Waals surface area contributed by atoms with Crippen LogP contribution in [0.1, 0.15) is 13.8 Å². The molecule has 1 N–H and O–H groups in total. The molecule has 0 radical (unpaired) electrons. The van der Waals surface area contributed by atoms with Crippen LogP contribution in [0.4, 0.5) is 5.69 Å². The summed E-state index contributed by atoms with van der Waals surface area (Å²) in [5.41, 5.74) is 0.772. The second-order valence-corrected chi connectivity index (χ2v) is 7.05. The van der Waals surface area contributed by atoms with E-state index >= 15 is 0 Å². The van der Waals surface area contributed by atoms with Crippen molar-refractivity contribution in [1.82, 2.24) is 0 Å². The zero-order valence-corrected chi connectivity index (χ0v) is 11.7. The van der Waals surface area contributed by atoms with Gasteiger partial charge in [0.05, 0.1) is 22.2 Å². The average Bonchev–Trinajstić information content (AvgIpc) is 2.18. The van der Waals surface area contributed by atoms with Gasteiger partial charge in [0.2, 0.25) is 0 Å². The number of rotatable bonds is 6. The van der Waals surface area contributed by atoms with Crippen LogP contribution in [0.2, 0.25) is 5.02 Å². The van der Waals surface area contributed by atoms with E-state index in [-0.39, 0.29) is 17.4 Å². The minimum absolute atomic E-state index is 0.135. The maximum Gasteiger partial charge on any atom is 0.152 e. The number of nitrogens with one attached hydrogen (secondary N) is 1. The Hall–Kier alpha value is -0.740. The van der Waals surface area contributed by atoms with Crippen molar-refractivity contribution < 1.29 is 8.42 Å². The number of anilines is 1. The van der Waals surface area contributed by atoms with Gasteiger partial charge in [-0.1, -0.05) is 37.6 Å². The summed E-state index contributed by atoms with van der Waals surface area (Å²) in [7, 11) is -2.97. The molecular weight excluding hydrogens is 258 g/mol. The van der Waals surface area contributed by atoms with Crippen LogP contribution >= 0.6 is 11.6 Å². The second kappa shape index (κ2) is 6.26. The molecule has 0 aliphatic carbocycles. The van der Waals surface area contributed by atoms with Crippen molar-refractivity contribution in [3.63, 3.8) is 0 Å². The predicted molar refractivity (Wildman–Crippen MR) is 73.4 cm³/mol. The minimum Gasteiger partial charge on any atom is -0.383 e. The lowest BCUT2D eigenvalue weighted by atomic mass is 10.3. The van der Waals surface area contributed by atoms with Gasteiger partial charge in [0.15, 0.2) is 9.84 Å². The highest BCUT2D eigenvalue weighted by Gasteiger charge is 2.12.